The second-order valence-electron chi connectivity index (χ2n) is 6.67. The van der Waals surface area contributed by atoms with Gasteiger partial charge in [0.15, 0.2) is 0 Å². The highest BCUT2D eigenvalue weighted by Crippen LogP contribution is 2.30. The van der Waals surface area contributed by atoms with Crippen molar-refractivity contribution in [1.29, 1.82) is 0 Å². The van der Waals surface area contributed by atoms with Crippen molar-refractivity contribution >= 4 is 27.8 Å². The Morgan fingerprint density at radius 1 is 1.03 bits per heavy atom. The number of benzene rings is 2. The van der Waals surface area contributed by atoms with Crippen LogP contribution in [-0.4, -0.2) is 30.8 Å². The summed E-state index contributed by atoms with van der Waals surface area (Å²) in [6.45, 7) is 4.65. The summed E-state index contributed by atoms with van der Waals surface area (Å²) in [6, 6.07) is 6.32. The number of amides is 4. The summed E-state index contributed by atoms with van der Waals surface area (Å²) in [5, 5.41) is 3.92. The van der Waals surface area contributed by atoms with Crippen LogP contribution in [0.2, 0.25) is 0 Å². The van der Waals surface area contributed by atoms with Crippen molar-refractivity contribution in [2.24, 2.45) is 0 Å². The summed E-state index contributed by atoms with van der Waals surface area (Å²) in [6.07, 6.45) is -4.61. The lowest BCUT2D eigenvalue weighted by molar-refractivity contribution is -0.137. The summed E-state index contributed by atoms with van der Waals surface area (Å²) in [7, 11) is -4.27. The number of aryl methyl sites for hydroxylation is 1. The molecule has 2 aromatic rings. The molecule has 7 nitrogen and oxygen atoms in total. The van der Waals surface area contributed by atoms with Gasteiger partial charge in [-0.25, -0.2) is 22.3 Å². The number of alkyl halides is 3. The van der Waals surface area contributed by atoms with E-state index in [1.165, 1.54) is 32.0 Å². The normalized spacial score (nSPS) is 11.8. The van der Waals surface area contributed by atoms with E-state index in [-0.39, 0.29) is 10.6 Å². The molecule has 0 saturated carbocycles. The molecule has 0 aliphatic heterocycles. The zero-order valence-electron chi connectivity index (χ0n) is 16.3. The SMILES string of the molecule is Cc1ccc(S(=O)(=O)N(C(=O)NC(=O)Nc2cccc(C(F)(F)F)c2)C(C)C)cc1. The molecule has 162 valence electrons. The van der Waals surface area contributed by atoms with Gasteiger partial charge < -0.3 is 5.32 Å². The van der Waals surface area contributed by atoms with Crippen molar-refractivity contribution < 1.29 is 31.2 Å². The van der Waals surface area contributed by atoms with Crippen LogP contribution in [0.25, 0.3) is 0 Å². The van der Waals surface area contributed by atoms with E-state index in [0.29, 0.717) is 10.4 Å². The fraction of sp³-hybridized carbons (Fsp3) is 0.263. The first-order valence-corrected chi connectivity index (χ1v) is 10.2. The number of hydrogen-bond acceptors (Lipinski definition) is 4. The molecule has 0 spiro atoms. The highest BCUT2D eigenvalue weighted by Gasteiger charge is 2.33. The average molecular weight is 443 g/mol. The quantitative estimate of drug-likeness (QED) is 0.734. The van der Waals surface area contributed by atoms with Crippen LogP contribution in [0.4, 0.5) is 28.4 Å². The van der Waals surface area contributed by atoms with E-state index < -0.39 is 39.9 Å². The van der Waals surface area contributed by atoms with E-state index in [1.54, 1.807) is 19.1 Å². The molecule has 0 aliphatic rings. The zero-order valence-corrected chi connectivity index (χ0v) is 17.1. The van der Waals surface area contributed by atoms with Crippen molar-refractivity contribution in [3.63, 3.8) is 0 Å². The van der Waals surface area contributed by atoms with Crippen LogP contribution in [0, 0.1) is 6.92 Å². The Morgan fingerprint density at radius 2 is 1.63 bits per heavy atom. The first kappa shape index (κ1) is 23.2. The molecule has 0 fully saturated rings. The third kappa shape index (κ3) is 5.50. The molecule has 0 heterocycles. The molecule has 0 bridgehead atoms. The van der Waals surface area contributed by atoms with E-state index in [2.05, 4.69) is 5.32 Å². The van der Waals surface area contributed by atoms with Gasteiger partial charge >= 0.3 is 18.2 Å². The van der Waals surface area contributed by atoms with Gasteiger partial charge in [0.1, 0.15) is 0 Å². The lowest BCUT2D eigenvalue weighted by atomic mass is 10.2. The third-order valence-electron chi connectivity index (χ3n) is 3.92. The fourth-order valence-electron chi connectivity index (χ4n) is 2.53. The Hall–Kier alpha value is -3.08. The number of nitrogens with zero attached hydrogens (tertiary/aromatic N) is 1. The van der Waals surface area contributed by atoms with Crippen LogP contribution >= 0.6 is 0 Å². The van der Waals surface area contributed by atoms with Gasteiger partial charge in [0.25, 0.3) is 10.0 Å². The van der Waals surface area contributed by atoms with Gasteiger partial charge in [0.05, 0.1) is 10.5 Å². The number of carbonyl (C=O) groups is 2. The van der Waals surface area contributed by atoms with E-state index in [4.69, 9.17) is 0 Å². The Labute approximate surface area is 171 Å². The first-order chi connectivity index (χ1) is 13.8. The zero-order chi connectivity index (χ0) is 22.7. The van der Waals surface area contributed by atoms with E-state index in [0.717, 1.165) is 17.7 Å². The van der Waals surface area contributed by atoms with Crippen molar-refractivity contribution in [1.82, 2.24) is 9.62 Å². The smallest absolute Gasteiger partial charge is 0.308 e. The summed E-state index contributed by atoms with van der Waals surface area (Å²) in [4.78, 5) is 24.4. The number of sulfonamides is 1. The summed E-state index contributed by atoms with van der Waals surface area (Å²) >= 11 is 0. The molecule has 4 amide bonds. The molecule has 0 atom stereocenters. The number of anilines is 1. The molecule has 2 aromatic carbocycles. The van der Waals surface area contributed by atoms with Gasteiger partial charge in [0, 0.05) is 11.7 Å². The van der Waals surface area contributed by atoms with Crippen LogP contribution in [0.1, 0.15) is 25.0 Å². The molecule has 0 aliphatic carbocycles. The van der Waals surface area contributed by atoms with Crippen LogP contribution in [0.15, 0.2) is 53.4 Å². The van der Waals surface area contributed by atoms with Crippen molar-refractivity contribution in [2.45, 2.75) is 37.9 Å². The summed E-state index contributed by atoms with van der Waals surface area (Å²) < 4.78 is 64.5. The topological polar surface area (TPSA) is 95.6 Å². The molecular weight excluding hydrogens is 423 g/mol. The van der Waals surface area contributed by atoms with Crippen LogP contribution < -0.4 is 10.6 Å². The van der Waals surface area contributed by atoms with Crippen LogP contribution in [-0.2, 0) is 16.2 Å². The Morgan fingerprint density at radius 3 is 2.17 bits per heavy atom. The highest BCUT2D eigenvalue weighted by atomic mass is 32.2. The Balaban J connectivity index is 2.19. The number of nitrogens with one attached hydrogen (secondary N) is 2. The highest BCUT2D eigenvalue weighted by molar-refractivity contribution is 7.89. The predicted molar refractivity (Wildman–Crippen MR) is 104 cm³/mol. The van der Waals surface area contributed by atoms with Crippen LogP contribution in [0.5, 0.6) is 0 Å². The standard InChI is InChI=1S/C19H20F3N3O4S/c1-12(2)25(30(28,29)16-9-7-13(3)8-10-16)18(27)24-17(26)23-15-6-4-5-14(11-15)19(20,21)22/h4-12H,1-3H3,(H2,23,24,26,27). The number of halogens is 3. The van der Waals surface area contributed by atoms with Gasteiger partial charge in [-0.05, 0) is 51.1 Å². The largest absolute Gasteiger partial charge is 0.416 e. The first-order valence-electron chi connectivity index (χ1n) is 8.72. The summed E-state index contributed by atoms with van der Waals surface area (Å²) in [5.74, 6) is 0. The monoisotopic (exact) mass is 443 g/mol. The predicted octanol–water partition coefficient (Wildman–Crippen LogP) is 4.35. The molecular formula is C19H20F3N3O4S. The number of hydrogen-bond donors (Lipinski definition) is 2. The number of urea groups is 2. The molecule has 0 aromatic heterocycles. The van der Waals surface area contributed by atoms with Crippen LogP contribution in [0.3, 0.4) is 0 Å². The third-order valence-corrected chi connectivity index (χ3v) is 5.89. The van der Waals surface area contributed by atoms with Gasteiger partial charge in [-0.15, -0.1) is 0 Å². The lowest BCUT2D eigenvalue weighted by Gasteiger charge is -2.26. The van der Waals surface area contributed by atoms with Gasteiger partial charge in [-0.3, -0.25) is 5.32 Å². The van der Waals surface area contributed by atoms with E-state index >= 15 is 0 Å². The van der Waals surface area contributed by atoms with E-state index in [1.807, 2.05) is 5.32 Å². The second kappa shape index (κ2) is 8.74. The Bertz CT molecular complexity index is 1040. The van der Waals surface area contributed by atoms with Crippen molar-refractivity contribution in [3.05, 3.63) is 59.7 Å². The van der Waals surface area contributed by atoms with Gasteiger partial charge in [0.2, 0.25) is 0 Å². The number of rotatable bonds is 4. The molecule has 0 saturated heterocycles. The second-order valence-corrected chi connectivity index (χ2v) is 8.49. The molecule has 0 unspecified atom stereocenters. The minimum atomic E-state index is -4.61. The molecule has 30 heavy (non-hydrogen) atoms. The average Bonchev–Trinajstić information content (AvgIpc) is 2.60. The Kier molecular flexibility index (Phi) is 6.76. The number of imide groups is 1. The van der Waals surface area contributed by atoms with Crippen molar-refractivity contribution in [2.75, 3.05) is 5.32 Å². The van der Waals surface area contributed by atoms with Gasteiger partial charge in [-0.1, -0.05) is 23.8 Å². The van der Waals surface area contributed by atoms with Gasteiger partial charge in [-0.2, -0.15) is 13.2 Å². The molecule has 2 N–H and O–H groups in total. The molecule has 0 radical (unpaired) electrons. The maximum absolute atomic E-state index is 12.8. The van der Waals surface area contributed by atoms with E-state index in [9.17, 15) is 31.2 Å². The number of carbonyl (C=O) groups excluding carboxylic acids is 2. The van der Waals surface area contributed by atoms with Crippen molar-refractivity contribution in [3.8, 4) is 0 Å². The molecule has 2 rings (SSSR count). The lowest BCUT2D eigenvalue weighted by Crippen LogP contribution is -2.50. The summed E-state index contributed by atoms with van der Waals surface area (Å²) in [5.41, 5.74) is -0.389. The molecule has 11 heteroatoms. The minimum Gasteiger partial charge on any atom is -0.308 e. The minimum absolute atomic E-state index is 0.143. The fourth-order valence-corrected chi connectivity index (χ4v) is 4.06. The maximum atomic E-state index is 12.8. The maximum Gasteiger partial charge on any atom is 0.416 e.